The third-order valence-electron chi connectivity index (χ3n) is 1.20. The zero-order chi connectivity index (χ0) is 6.69. The van der Waals surface area contributed by atoms with Crippen molar-refractivity contribution in [1.82, 2.24) is 0 Å². The fourth-order valence-electron chi connectivity index (χ4n) is 0.642. The SMILES string of the molecule is CCc1coc(C=O)c1. The van der Waals surface area contributed by atoms with Gasteiger partial charge in [-0.15, -0.1) is 0 Å². The number of aryl methyl sites for hydroxylation is 1. The van der Waals surface area contributed by atoms with Crippen molar-refractivity contribution in [1.29, 1.82) is 0 Å². The van der Waals surface area contributed by atoms with Crippen LogP contribution in [-0.4, -0.2) is 6.29 Å². The van der Waals surface area contributed by atoms with E-state index < -0.39 is 0 Å². The predicted molar refractivity (Wildman–Crippen MR) is 33.5 cm³/mol. The van der Waals surface area contributed by atoms with Crippen LogP contribution in [0.3, 0.4) is 0 Å². The highest BCUT2D eigenvalue weighted by atomic mass is 16.3. The van der Waals surface area contributed by atoms with E-state index in [1.165, 1.54) is 0 Å². The maximum atomic E-state index is 10.0. The second-order valence-corrected chi connectivity index (χ2v) is 1.83. The van der Waals surface area contributed by atoms with Crippen molar-refractivity contribution in [3.8, 4) is 0 Å². The quantitative estimate of drug-likeness (QED) is 0.561. The van der Waals surface area contributed by atoms with E-state index in [2.05, 4.69) is 0 Å². The summed E-state index contributed by atoms with van der Waals surface area (Å²) >= 11 is 0. The van der Waals surface area contributed by atoms with Crippen LogP contribution >= 0.6 is 0 Å². The Hall–Kier alpha value is -1.05. The van der Waals surface area contributed by atoms with Gasteiger partial charge in [-0.2, -0.15) is 0 Å². The monoisotopic (exact) mass is 124 g/mol. The lowest BCUT2D eigenvalue weighted by Crippen LogP contribution is -1.71. The first-order valence-corrected chi connectivity index (χ1v) is 2.89. The highest BCUT2D eigenvalue weighted by molar-refractivity contribution is 5.70. The maximum Gasteiger partial charge on any atom is 0.185 e. The van der Waals surface area contributed by atoms with Crippen LogP contribution in [0.15, 0.2) is 16.7 Å². The normalized spacial score (nSPS) is 9.44. The lowest BCUT2D eigenvalue weighted by atomic mass is 10.2. The van der Waals surface area contributed by atoms with Gasteiger partial charge in [0.15, 0.2) is 12.0 Å². The molecule has 0 radical (unpaired) electrons. The van der Waals surface area contributed by atoms with Crippen molar-refractivity contribution in [2.24, 2.45) is 0 Å². The number of carbonyl (C=O) groups is 1. The summed E-state index contributed by atoms with van der Waals surface area (Å²) in [6, 6.07) is 1.74. The third kappa shape index (κ3) is 1.19. The van der Waals surface area contributed by atoms with Gasteiger partial charge in [-0.3, -0.25) is 4.79 Å². The van der Waals surface area contributed by atoms with Crippen LogP contribution in [-0.2, 0) is 6.42 Å². The molecule has 0 N–H and O–H groups in total. The van der Waals surface area contributed by atoms with E-state index in [1.807, 2.05) is 6.92 Å². The summed E-state index contributed by atoms with van der Waals surface area (Å²) in [5.74, 6) is 0.409. The van der Waals surface area contributed by atoms with Gasteiger partial charge in [0.1, 0.15) is 0 Å². The first-order valence-electron chi connectivity index (χ1n) is 2.89. The molecule has 0 saturated carbocycles. The van der Waals surface area contributed by atoms with E-state index in [0.717, 1.165) is 12.0 Å². The number of aldehydes is 1. The largest absolute Gasteiger partial charge is 0.461 e. The average Bonchev–Trinajstić information content (AvgIpc) is 2.34. The molecule has 1 aromatic heterocycles. The van der Waals surface area contributed by atoms with Crippen molar-refractivity contribution >= 4 is 6.29 Å². The van der Waals surface area contributed by atoms with Crippen molar-refractivity contribution in [3.63, 3.8) is 0 Å². The molecule has 1 aromatic rings. The molecule has 9 heavy (non-hydrogen) atoms. The zero-order valence-corrected chi connectivity index (χ0v) is 5.26. The molecule has 0 aliphatic carbocycles. The second-order valence-electron chi connectivity index (χ2n) is 1.83. The smallest absolute Gasteiger partial charge is 0.185 e. The molecule has 2 heteroatoms. The summed E-state index contributed by atoms with van der Waals surface area (Å²) in [7, 11) is 0. The van der Waals surface area contributed by atoms with Gasteiger partial charge in [-0.1, -0.05) is 6.92 Å². The topological polar surface area (TPSA) is 30.2 Å². The molecule has 1 heterocycles. The number of rotatable bonds is 2. The van der Waals surface area contributed by atoms with Crippen molar-refractivity contribution in [2.45, 2.75) is 13.3 Å². The van der Waals surface area contributed by atoms with E-state index in [0.29, 0.717) is 12.0 Å². The molecule has 1 rings (SSSR count). The summed E-state index contributed by atoms with van der Waals surface area (Å²) in [6.45, 7) is 2.01. The Bertz CT molecular complexity index is 200. The molecule has 2 nitrogen and oxygen atoms in total. The Balaban J connectivity index is 2.86. The minimum Gasteiger partial charge on any atom is -0.461 e. The van der Waals surface area contributed by atoms with E-state index in [9.17, 15) is 4.79 Å². The molecular weight excluding hydrogens is 116 g/mol. The minimum absolute atomic E-state index is 0.409. The molecule has 0 spiro atoms. The number of carbonyl (C=O) groups excluding carboxylic acids is 1. The van der Waals surface area contributed by atoms with Crippen LogP contribution < -0.4 is 0 Å². The average molecular weight is 124 g/mol. The molecule has 0 aromatic carbocycles. The molecule has 0 amide bonds. The Kier molecular flexibility index (Phi) is 1.68. The lowest BCUT2D eigenvalue weighted by Gasteiger charge is -1.77. The van der Waals surface area contributed by atoms with E-state index in [-0.39, 0.29) is 0 Å². The van der Waals surface area contributed by atoms with Gasteiger partial charge < -0.3 is 4.42 Å². The first kappa shape index (κ1) is 6.08. The number of furan rings is 1. The summed E-state index contributed by atoms with van der Waals surface area (Å²) in [5.41, 5.74) is 1.07. The molecule has 0 unspecified atom stereocenters. The van der Waals surface area contributed by atoms with Crippen molar-refractivity contribution < 1.29 is 9.21 Å². The van der Waals surface area contributed by atoms with Crippen LogP contribution in [0.4, 0.5) is 0 Å². The Morgan fingerprint density at radius 3 is 2.89 bits per heavy atom. The number of hydrogen-bond donors (Lipinski definition) is 0. The maximum absolute atomic E-state index is 10.0. The van der Waals surface area contributed by atoms with E-state index in [4.69, 9.17) is 4.42 Å². The molecular formula is C7H8O2. The van der Waals surface area contributed by atoms with Gasteiger partial charge in [0, 0.05) is 0 Å². The molecule has 0 bridgehead atoms. The summed E-state index contributed by atoms with van der Waals surface area (Å²) < 4.78 is 4.84. The number of hydrogen-bond acceptors (Lipinski definition) is 2. The van der Waals surface area contributed by atoms with Crippen LogP contribution in [0.2, 0.25) is 0 Å². The fourth-order valence-corrected chi connectivity index (χ4v) is 0.642. The molecule has 0 fully saturated rings. The molecule has 0 saturated heterocycles. The minimum atomic E-state index is 0.409. The van der Waals surface area contributed by atoms with Gasteiger partial charge >= 0.3 is 0 Å². The zero-order valence-electron chi connectivity index (χ0n) is 5.26. The Morgan fingerprint density at radius 1 is 1.78 bits per heavy atom. The van der Waals surface area contributed by atoms with Gasteiger partial charge in [0.05, 0.1) is 6.26 Å². The van der Waals surface area contributed by atoms with Gasteiger partial charge in [-0.05, 0) is 18.1 Å². The summed E-state index contributed by atoms with van der Waals surface area (Å²) in [5, 5.41) is 0. The summed E-state index contributed by atoms with van der Waals surface area (Å²) in [6.07, 6.45) is 3.22. The Morgan fingerprint density at radius 2 is 2.56 bits per heavy atom. The lowest BCUT2D eigenvalue weighted by molar-refractivity contribution is 0.110. The molecule has 0 aliphatic rings. The second kappa shape index (κ2) is 2.49. The van der Waals surface area contributed by atoms with Gasteiger partial charge in [0.2, 0.25) is 0 Å². The first-order chi connectivity index (χ1) is 4.36. The van der Waals surface area contributed by atoms with Crippen LogP contribution in [0.1, 0.15) is 23.0 Å². The summed E-state index contributed by atoms with van der Waals surface area (Å²) in [4.78, 5) is 10.0. The molecule has 48 valence electrons. The van der Waals surface area contributed by atoms with Crippen molar-refractivity contribution in [3.05, 3.63) is 23.7 Å². The van der Waals surface area contributed by atoms with E-state index >= 15 is 0 Å². The van der Waals surface area contributed by atoms with Crippen molar-refractivity contribution in [2.75, 3.05) is 0 Å². The van der Waals surface area contributed by atoms with Gasteiger partial charge in [0.25, 0.3) is 0 Å². The standard InChI is InChI=1S/C7H8O2/c1-2-6-3-7(4-8)9-5-6/h3-5H,2H2,1H3. The highest BCUT2D eigenvalue weighted by Gasteiger charge is 1.95. The predicted octanol–water partition coefficient (Wildman–Crippen LogP) is 1.65. The van der Waals surface area contributed by atoms with Crippen LogP contribution in [0, 0.1) is 0 Å². The highest BCUT2D eigenvalue weighted by Crippen LogP contribution is 2.04. The fraction of sp³-hybridized carbons (Fsp3) is 0.286. The Labute approximate surface area is 53.5 Å². The van der Waals surface area contributed by atoms with Crippen LogP contribution in [0.25, 0.3) is 0 Å². The van der Waals surface area contributed by atoms with Gasteiger partial charge in [-0.25, -0.2) is 0 Å². The van der Waals surface area contributed by atoms with Crippen LogP contribution in [0.5, 0.6) is 0 Å². The molecule has 0 atom stereocenters. The van der Waals surface area contributed by atoms with E-state index in [1.54, 1.807) is 12.3 Å². The third-order valence-corrected chi connectivity index (χ3v) is 1.20. The molecule has 0 aliphatic heterocycles.